The second-order valence-corrected chi connectivity index (χ2v) is 7.01. The van der Waals surface area contributed by atoms with E-state index in [9.17, 15) is 8.42 Å². The van der Waals surface area contributed by atoms with Crippen LogP contribution in [0.1, 0.15) is 24.4 Å². The van der Waals surface area contributed by atoms with Gasteiger partial charge in [0.25, 0.3) is 0 Å². The maximum atomic E-state index is 12.4. The van der Waals surface area contributed by atoms with E-state index in [2.05, 4.69) is 14.7 Å². The molecular formula is C16H17N3O2S. The lowest BCUT2D eigenvalue weighted by Crippen LogP contribution is -2.27. The van der Waals surface area contributed by atoms with Gasteiger partial charge in [0.2, 0.25) is 10.0 Å². The van der Waals surface area contributed by atoms with E-state index in [4.69, 9.17) is 0 Å². The molecule has 0 fully saturated rings. The van der Waals surface area contributed by atoms with E-state index in [-0.39, 0.29) is 4.90 Å². The van der Waals surface area contributed by atoms with Crippen LogP contribution in [0.4, 0.5) is 0 Å². The van der Waals surface area contributed by atoms with E-state index in [1.54, 1.807) is 31.2 Å². The van der Waals surface area contributed by atoms with E-state index in [0.717, 1.165) is 16.6 Å². The Morgan fingerprint density at radius 1 is 1.09 bits per heavy atom. The summed E-state index contributed by atoms with van der Waals surface area (Å²) in [5.41, 5.74) is 2.72. The molecule has 1 atom stereocenters. The Balaban J connectivity index is 1.86. The molecule has 1 aromatic heterocycles. The third kappa shape index (κ3) is 2.88. The van der Waals surface area contributed by atoms with Gasteiger partial charge in [0.1, 0.15) is 5.82 Å². The number of fused-ring (bicyclic) bond motifs is 1. The Morgan fingerprint density at radius 2 is 1.77 bits per heavy atom. The van der Waals surface area contributed by atoms with E-state index in [1.807, 2.05) is 31.2 Å². The van der Waals surface area contributed by atoms with Crippen LogP contribution in [0.2, 0.25) is 0 Å². The van der Waals surface area contributed by atoms with Crippen molar-refractivity contribution in [1.29, 1.82) is 0 Å². The predicted octanol–water partition coefficient (Wildman–Crippen LogP) is 2.91. The minimum absolute atomic E-state index is 0.251. The Labute approximate surface area is 129 Å². The van der Waals surface area contributed by atoms with Crippen molar-refractivity contribution in [3.8, 4) is 0 Å². The quantitative estimate of drug-likeness (QED) is 0.777. The fourth-order valence-electron chi connectivity index (χ4n) is 2.25. The maximum Gasteiger partial charge on any atom is 0.241 e. The fraction of sp³-hybridized carbons (Fsp3) is 0.188. The number of hydrogen-bond donors (Lipinski definition) is 2. The Morgan fingerprint density at radius 3 is 2.45 bits per heavy atom. The maximum absolute atomic E-state index is 12.4. The molecule has 0 saturated carbocycles. The number of benzene rings is 2. The summed E-state index contributed by atoms with van der Waals surface area (Å²) in [4.78, 5) is 7.81. The molecule has 2 aromatic carbocycles. The van der Waals surface area contributed by atoms with Crippen LogP contribution >= 0.6 is 0 Å². The number of hydrogen-bond acceptors (Lipinski definition) is 3. The molecule has 0 aliphatic heterocycles. The highest BCUT2D eigenvalue weighted by molar-refractivity contribution is 7.89. The van der Waals surface area contributed by atoms with Crippen LogP contribution in [0.25, 0.3) is 11.0 Å². The first-order valence-electron chi connectivity index (χ1n) is 6.99. The largest absolute Gasteiger partial charge is 0.341 e. The van der Waals surface area contributed by atoms with Gasteiger partial charge in [0.15, 0.2) is 0 Å². The van der Waals surface area contributed by atoms with Crippen LogP contribution in [-0.4, -0.2) is 18.4 Å². The van der Waals surface area contributed by atoms with Crippen molar-refractivity contribution in [2.75, 3.05) is 0 Å². The van der Waals surface area contributed by atoms with Gasteiger partial charge in [-0.15, -0.1) is 0 Å². The molecule has 5 nitrogen and oxygen atoms in total. The predicted molar refractivity (Wildman–Crippen MR) is 86.0 cm³/mol. The number of aromatic amines is 1. The lowest BCUT2D eigenvalue weighted by atomic mass is 10.2. The highest BCUT2D eigenvalue weighted by atomic mass is 32.2. The molecule has 0 aliphatic rings. The van der Waals surface area contributed by atoms with Crippen LogP contribution in [0.3, 0.4) is 0 Å². The smallest absolute Gasteiger partial charge is 0.241 e. The average Bonchev–Trinajstić information content (AvgIpc) is 2.91. The number of nitrogens with one attached hydrogen (secondary N) is 2. The first kappa shape index (κ1) is 14.7. The van der Waals surface area contributed by atoms with Crippen LogP contribution < -0.4 is 4.72 Å². The standard InChI is InChI=1S/C16H17N3O2S/c1-11-7-9-13(10-8-11)22(20,21)19-12(2)16-17-14-5-3-4-6-15(14)18-16/h3-10,12,19H,1-2H3,(H,17,18)/t12-/m0/s1. The molecule has 0 saturated heterocycles. The molecular weight excluding hydrogens is 298 g/mol. The number of para-hydroxylation sites is 2. The lowest BCUT2D eigenvalue weighted by Gasteiger charge is -2.12. The van der Waals surface area contributed by atoms with Gasteiger partial charge < -0.3 is 4.98 Å². The molecule has 0 unspecified atom stereocenters. The first-order valence-corrected chi connectivity index (χ1v) is 8.48. The van der Waals surface area contributed by atoms with Gasteiger partial charge in [-0.25, -0.2) is 18.1 Å². The number of nitrogens with zero attached hydrogens (tertiary/aromatic N) is 1. The molecule has 114 valence electrons. The van der Waals surface area contributed by atoms with Gasteiger partial charge in [0.05, 0.1) is 22.0 Å². The zero-order valence-corrected chi connectivity index (χ0v) is 13.2. The van der Waals surface area contributed by atoms with Crippen molar-refractivity contribution in [1.82, 2.24) is 14.7 Å². The third-order valence-corrected chi connectivity index (χ3v) is 5.04. The van der Waals surface area contributed by atoms with E-state index in [0.29, 0.717) is 5.82 Å². The number of aromatic nitrogens is 2. The summed E-state index contributed by atoms with van der Waals surface area (Å²) < 4.78 is 27.4. The van der Waals surface area contributed by atoms with Gasteiger partial charge >= 0.3 is 0 Å². The molecule has 2 N–H and O–H groups in total. The summed E-state index contributed by atoms with van der Waals surface area (Å²) in [6.45, 7) is 3.68. The zero-order chi connectivity index (χ0) is 15.7. The van der Waals surface area contributed by atoms with Gasteiger partial charge in [-0.05, 0) is 38.1 Å². The van der Waals surface area contributed by atoms with Crippen molar-refractivity contribution < 1.29 is 8.42 Å². The summed E-state index contributed by atoms with van der Waals surface area (Å²) in [6.07, 6.45) is 0. The number of aryl methyl sites for hydroxylation is 1. The molecule has 0 radical (unpaired) electrons. The van der Waals surface area contributed by atoms with Gasteiger partial charge in [-0.1, -0.05) is 29.8 Å². The summed E-state index contributed by atoms with van der Waals surface area (Å²) in [5, 5.41) is 0. The second-order valence-electron chi connectivity index (χ2n) is 5.30. The van der Waals surface area contributed by atoms with Crippen LogP contribution in [0, 0.1) is 6.92 Å². The Kier molecular flexibility index (Phi) is 3.72. The van der Waals surface area contributed by atoms with Crippen LogP contribution in [0.5, 0.6) is 0 Å². The van der Waals surface area contributed by atoms with Crippen molar-refractivity contribution in [2.24, 2.45) is 0 Å². The minimum atomic E-state index is -3.57. The fourth-order valence-corrected chi connectivity index (χ4v) is 3.46. The molecule has 3 rings (SSSR count). The zero-order valence-electron chi connectivity index (χ0n) is 12.4. The summed E-state index contributed by atoms with van der Waals surface area (Å²) in [5.74, 6) is 0.594. The van der Waals surface area contributed by atoms with Crippen molar-refractivity contribution in [3.05, 3.63) is 59.9 Å². The summed E-state index contributed by atoms with van der Waals surface area (Å²) in [6, 6.07) is 13.9. The third-order valence-electron chi connectivity index (χ3n) is 3.48. The average molecular weight is 315 g/mol. The van der Waals surface area contributed by atoms with Crippen LogP contribution in [0.15, 0.2) is 53.4 Å². The van der Waals surface area contributed by atoms with E-state index >= 15 is 0 Å². The number of H-pyrrole nitrogens is 1. The monoisotopic (exact) mass is 315 g/mol. The lowest BCUT2D eigenvalue weighted by molar-refractivity contribution is 0.561. The second kappa shape index (κ2) is 5.55. The molecule has 3 aromatic rings. The Hall–Kier alpha value is -2.18. The van der Waals surface area contributed by atoms with Crippen molar-refractivity contribution >= 4 is 21.1 Å². The van der Waals surface area contributed by atoms with E-state index in [1.165, 1.54) is 0 Å². The molecule has 1 heterocycles. The molecule has 6 heteroatoms. The molecule has 22 heavy (non-hydrogen) atoms. The molecule has 0 spiro atoms. The minimum Gasteiger partial charge on any atom is -0.341 e. The summed E-state index contributed by atoms with van der Waals surface area (Å²) in [7, 11) is -3.57. The molecule has 0 bridgehead atoms. The molecule has 0 amide bonds. The van der Waals surface area contributed by atoms with Gasteiger partial charge in [-0.2, -0.15) is 0 Å². The van der Waals surface area contributed by atoms with Crippen molar-refractivity contribution in [2.45, 2.75) is 24.8 Å². The number of imidazole rings is 1. The SMILES string of the molecule is Cc1ccc(S(=O)(=O)N[C@@H](C)c2nc3ccccc3[nH]2)cc1. The highest BCUT2D eigenvalue weighted by Gasteiger charge is 2.20. The first-order chi connectivity index (χ1) is 10.5. The molecule has 0 aliphatic carbocycles. The highest BCUT2D eigenvalue weighted by Crippen LogP contribution is 2.18. The number of rotatable bonds is 4. The topological polar surface area (TPSA) is 74.8 Å². The Bertz CT molecular complexity index is 866. The van der Waals surface area contributed by atoms with Crippen molar-refractivity contribution in [3.63, 3.8) is 0 Å². The van der Waals surface area contributed by atoms with Crippen LogP contribution in [-0.2, 0) is 10.0 Å². The summed E-state index contributed by atoms with van der Waals surface area (Å²) >= 11 is 0. The normalized spacial score (nSPS) is 13.4. The van der Waals surface area contributed by atoms with Gasteiger partial charge in [-0.3, -0.25) is 0 Å². The van der Waals surface area contributed by atoms with Gasteiger partial charge in [0, 0.05) is 0 Å². The van der Waals surface area contributed by atoms with E-state index < -0.39 is 16.1 Å². The number of sulfonamides is 1.